The standard InChI is InChI=1S/C10H19NO/c1-4-6-11-7-5-8-12-10(2,3)9-11/h4H,1,5-9H2,2-3H3. The molecule has 0 saturated carbocycles. The molecule has 0 unspecified atom stereocenters. The predicted octanol–water partition coefficient (Wildman–Crippen LogP) is 1.67. The zero-order chi connectivity index (χ0) is 9.03. The van der Waals surface area contributed by atoms with E-state index in [1.165, 1.54) is 0 Å². The molecule has 1 aliphatic rings. The Hall–Kier alpha value is -0.340. The molecule has 0 aromatic heterocycles. The van der Waals surface area contributed by atoms with Crippen LogP contribution < -0.4 is 0 Å². The van der Waals surface area contributed by atoms with E-state index in [1.807, 2.05) is 6.08 Å². The molecule has 0 aromatic carbocycles. The molecule has 0 amide bonds. The van der Waals surface area contributed by atoms with Gasteiger partial charge in [0, 0.05) is 26.2 Å². The summed E-state index contributed by atoms with van der Waals surface area (Å²) in [4.78, 5) is 2.39. The maximum absolute atomic E-state index is 5.69. The monoisotopic (exact) mass is 169 g/mol. The lowest BCUT2D eigenvalue weighted by molar-refractivity contribution is -0.0160. The molecule has 0 spiro atoms. The Balaban J connectivity index is 2.47. The second-order valence-electron chi connectivity index (χ2n) is 3.99. The molecule has 0 N–H and O–H groups in total. The molecule has 0 radical (unpaired) electrons. The average Bonchev–Trinajstić information content (AvgIpc) is 2.11. The Morgan fingerprint density at radius 2 is 2.33 bits per heavy atom. The minimum absolute atomic E-state index is 0.0134. The van der Waals surface area contributed by atoms with Crippen molar-refractivity contribution in [3.63, 3.8) is 0 Å². The van der Waals surface area contributed by atoms with Gasteiger partial charge in [-0.05, 0) is 20.3 Å². The van der Waals surface area contributed by atoms with Gasteiger partial charge in [0.1, 0.15) is 0 Å². The van der Waals surface area contributed by atoms with E-state index in [2.05, 4.69) is 25.3 Å². The van der Waals surface area contributed by atoms with E-state index in [-0.39, 0.29) is 5.60 Å². The highest BCUT2D eigenvalue weighted by atomic mass is 16.5. The zero-order valence-corrected chi connectivity index (χ0v) is 8.18. The third-order valence-electron chi connectivity index (χ3n) is 2.10. The smallest absolute Gasteiger partial charge is 0.0752 e. The lowest BCUT2D eigenvalue weighted by Gasteiger charge is -2.28. The first-order chi connectivity index (χ1) is 5.64. The van der Waals surface area contributed by atoms with E-state index in [1.54, 1.807) is 0 Å². The SMILES string of the molecule is C=CCN1CCCOC(C)(C)C1. The molecule has 1 fully saturated rings. The van der Waals surface area contributed by atoms with Crippen LogP contribution in [0.3, 0.4) is 0 Å². The van der Waals surface area contributed by atoms with Crippen LogP contribution in [0, 0.1) is 0 Å². The molecule has 70 valence electrons. The van der Waals surface area contributed by atoms with Crippen LogP contribution in [-0.4, -0.2) is 36.7 Å². The molecular weight excluding hydrogens is 150 g/mol. The fourth-order valence-corrected chi connectivity index (χ4v) is 1.64. The summed E-state index contributed by atoms with van der Waals surface area (Å²) >= 11 is 0. The summed E-state index contributed by atoms with van der Waals surface area (Å²) in [5.41, 5.74) is 0.0134. The number of nitrogens with zero attached hydrogens (tertiary/aromatic N) is 1. The molecular formula is C10H19NO. The van der Waals surface area contributed by atoms with Crippen LogP contribution in [0.25, 0.3) is 0 Å². The Morgan fingerprint density at radius 1 is 1.58 bits per heavy atom. The fraction of sp³-hybridized carbons (Fsp3) is 0.800. The van der Waals surface area contributed by atoms with Gasteiger partial charge in [0.25, 0.3) is 0 Å². The van der Waals surface area contributed by atoms with Gasteiger partial charge in [0.05, 0.1) is 5.60 Å². The van der Waals surface area contributed by atoms with Crippen molar-refractivity contribution in [3.05, 3.63) is 12.7 Å². The van der Waals surface area contributed by atoms with Gasteiger partial charge in [-0.25, -0.2) is 0 Å². The van der Waals surface area contributed by atoms with E-state index in [4.69, 9.17) is 4.74 Å². The Kier molecular flexibility index (Phi) is 3.29. The number of hydrogen-bond acceptors (Lipinski definition) is 2. The molecule has 0 aromatic rings. The van der Waals surface area contributed by atoms with E-state index in [9.17, 15) is 0 Å². The van der Waals surface area contributed by atoms with Crippen molar-refractivity contribution in [1.29, 1.82) is 0 Å². The first kappa shape index (κ1) is 9.75. The topological polar surface area (TPSA) is 12.5 Å². The minimum atomic E-state index is 0.0134. The van der Waals surface area contributed by atoms with Crippen LogP contribution >= 0.6 is 0 Å². The lowest BCUT2D eigenvalue weighted by atomic mass is 10.1. The summed E-state index contributed by atoms with van der Waals surface area (Å²) in [7, 11) is 0. The lowest BCUT2D eigenvalue weighted by Crippen LogP contribution is -2.38. The highest BCUT2D eigenvalue weighted by Crippen LogP contribution is 2.15. The Bertz CT molecular complexity index is 154. The summed E-state index contributed by atoms with van der Waals surface area (Å²) in [5.74, 6) is 0. The normalized spacial score (nSPS) is 24.8. The first-order valence-electron chi connectivity index (χ1n) is 4.61. The zero-order valence-electron chi connectivity index (χ0n) is 8.18. The van der Waals surface area contributed by atoms with Gasteiger partial charge < -0.3 is 4.74 Å². The van der Waals surface area contributed by atoms with Gasteiger partial charge in [0.2, 0.25) is 0 Å². The molecule has 0 atom stereocenters. The van der Waals surface area contributed by atoms with Crippen molar-refractivity contribution in [2.24, 2.45) is 0 Å². The molecule has 2 nitrogen and oxygen atoms in total. The Labute approximate surface area is 75.2 Å². The largest absolute Gasteiger partial charge is 0.374 e. The number of ether oxygens (including phenoxy) is 1. The molecule has 0 bridgehead atoms. The molecule has 1 heterocycles. The fourth-order valence-electron chi connectivity index (χ4n) is 1.64. The maximum atomic E-state index is 5.69. The average molecular weight is 169 g/mol. The second-order valence-corrected chi connectivity index (χ2v) is 3.99. The molecule has 1 saturated heterocycles. The highest BCUT2D eigenvalue weighted by Gasteiger charge is 2.24. The van der Waals surface area contributed by atoms with Gasteiger partial charge in [0.15, 0.2) is 0 Å². The van der Waals surface area contributed by atoms with Crippen molar-refractivity contribution in [2.75, 3.05) is 26.2 Å². The summed E-state index contributed by atoms with van der Waals surface area (Å²) in [6.45, 7) is 12.1. The summed E-state index contributed by atoms with van der Waals surface area (Å²) in [6.07, 6.45) is 3.10. The van der Waals surface area contributed by atoms with Crippen LogP contribution in [0.4, 0.5) is 0 Å². The van der Waals surface area contributed by atoms with Gasteiger partial charge in [-0.3, -0.25) is 4.90 Å². The van der Waals surface area contributed by atoms with Crippen molar-refractivity contribution < 1.29 is 4.74 Å². The first-order valence-corrected chi connectivity index (χ1v) is 4.61. The van der Waals surface area contributed by atoms with Crippen molar-refractivity contribution in [1.82, 2.24) is 4.90 Å². The van der Waals surface area contributed by atoms with Crippen LogP contribution in [0.5, 0.6) is 0 Å². The number of hydrogen-bond donors (Lipinski definition) is 0. The van der Waals surface area contributed by atoms with Gasteiger partial charge >= 0.3 is 0 Å². The molecule has 2 heteroatoms. The van der Waals surface area contributed by atoms with Crippen LogP contribution in [0.2, 0.25) is 0 Å². The molecule has 0 aliphatic carbocycles. The summed E-state index contributed by atoms with van der Waals surface area (Å²) in [5, 5.41) is 0. The maximum Gasteiger partial charge on any atom is 0.0752 e. The van der Waals surface area contributed by atoms with Crippen molar-refractivity contribution >= 4 is 0 Å². The second kappa shape index (κ2) is 4.06. The van der Waals surface area contributed by atoms with E-state index >= 15 is 0 Å². The van der Waals surface area contributed by atoms with Crippen LogP contribution in [-0.2, 0) is 4.74 Å². The van der Waals surface area contributed by atoms with Gasteiger partial charge in [-0.2, -0.15) is 0 Å². The quantitative estimate of drug-likeness (QED) is 0.583. The van der Waals surface area contributed by atoms with E-state index in [0.717, 1.165) is 32.7 Å². The van der Waals surface area contributed by atoms with Gasteiger partial charge in [-0.15, -0.1) is 6.58 Å². The van der Waals surface area contributed by atoms with E-state index < -0.39 is 0 Å². The highest BCUT2D eigenvalue weighted by molar-refractivity contribution is 4.81. The van der Waals surface area contributed by atoms with E-state index in [0.29, 0.717) is 0 Å². The third kappa shape index (κ3) is 2.95. The molecule has 12 heavy (non-hydrogen) atoms. The van der Waals surface area contributed by atoms with Crippen molar-refractivity contribution in [2.45, 2.75) is 25.9 Å². The van der Waals surface area contributed by atoms with Crippen LogP contribution in [0.15, 0.2) is 12.7 Å². The molecule has 1 aliphatic heterocycles. The van der Waals surface area contributed by atoms with Gasteiger partial charge in [-0.1, -0.05) is 6.08 Å². The van der Waals surface area contributed by atoms with Crippen LogP contribution in [0.1, 0.15) is 20.3 Å². The van der Waals surface area contributed by atoms with Crippen molar-refractivity contribution in [3.8, 4) is 0 Å². The summed E-state index contributed by atoms with van der Waals surface area (Å²) < 4.78 is 5.69. The number of rotatable bonds is 2. The predicted molar refractivity (Wildman–Crippen MR) is 51.3 cm³/mol. The molecule has 1 rings (SSSR count). The minimum Gasteiger partial charge on any atom is -0.374 e. The Morgan fingerprint density at radius 3 is 3.00 bits per heavy atom. The third-order valence-corrected chi connectivity index (χ3v) is 2.10. The summed E-state index contributed by atoms with van der Waals surface area (Å²) in [6, 6.07) is 0.